The molecule has 1 heterocycles. The Morgan fingerprint density at radius 3 is 2.76 bits per heavy atom. The van der Waals surface area contributed by atoms with Crippen molar-refractivity contribution in [2.24, 2.45) is 0 Å². The molecule has 1 fully saturated rings. The van der Waals surface area contributed by atoms with Gasteiger partial charge in [-0.2, -0.15) is 0 Å². The summed E-state index contributed by atoms with van der Waals surface area (Å²) in [6.07, 6.45) is 2.53. The summed E-state index contributed by atoms with van der Waals surface area (Å²) in [5.41, 5.74) is 0.904. The van der Waals surface area contributed by atoms with Gasteiger partial charge in [-0.05, 0) is 45.4 Å². The molecule has 2 rings (SSSR count). The molecule has 0 saturated carbocycles. The average molecular weight is 236 g/mol. The van der Waals surface area contributed by atoms with Crippen molar-refractivity contribution in [1.82, 2.24) is 4.90 Å². The number of hydrogen-bond donors (Lipinski definition) is 1. The molecule has 0 aliphatic carbocycles. The van der Waals surface area contributed by atoms with E-state index >= 15 is 0 Å². The molecule has 0 bridgehead atoms. The smallest absolute Gasteiger partial charge is 0.146 e. The molecule has 0 spiro atoms. The Bertz CT molecular complexity index is 376. The molecule has 0 amide bonds. The second-order valence-electron chi connectivity index (χ2n) is 5.31. The Balaban J connectivity index is 1.82. The molecule has 2 nitrogen and oxygen atoms in total. The van der Waals surface area contributed by atoms with E-state index < -0.39 is 0 Å². The van der Waals surface area contributed by atoms with Crippen LogP contribution < -0.4 is 5.32 Å². The van der Waals surface area contributed by atoms with Crippen molar-refractivity contribution in [3.05, 3.63) is 30.1 Å². The lowest BCUT2D eigenvalue weighted by Gasteiger charge is -2.31. The third-order valence-corrected chi connectivity index (χ3v) is 3.64. The maximum atomic E-state index is 13.4. The fourth-order valence-corrected chi connectivity index (χ4v) is 2.51. The van der Waals surface area contributed by atoms with Crippen LogP contribution in [-0.4, -0.2) is 30.1 Å². The molecule has 1 saturated heterocycles. The Morgan fingerprint density at radius 2 is 2.12 bits per heavy atom. The highest BCUT2D eigenvalue weighted by Crippen LogP contribution is 2.27. The molecule has 1 aliphatic heterocycles. The van der Waals surface area contributed by atoms with Crippen LogP contribution in [0.4, 0.5) is 10.1 Å². The molecule has 1 aromatic rings. The van der Waals surface area contributed by atoms with Crippen molar-refractivity contribution in [3.63, 3.8) is 0 Å². The van der Waals surface area contributed by atoms with Crippen LogP contribution in [0.15, 0.2) is 24.3 Å². The highest BCUT2D eigenvalue weighted by molar-refractivity contribution is 5.44. The third-order valence-electron chi connectivity index (χ3n) is 3.64. The molecule has 0 aromatic heterocycles. The molecule has 17 heavy (non-hydrogen) atoms. The van der Waals surface area contributed by atoms with Gasteiger partial charge in [0.15, 0.2) is 0 Å². The van der Waals surface area contributed by atoms with Gasteiger partial charge in [-0.3, -0.25) is 4.90 Å². The summed E-state index contributed by atoms with van der Waals surface area (Å²) in [5.74, 6) is -0.173. The van der Waals surface area contributed by atoms with E-state index in [1.807, 2.05) is 6.07 Å². The SMILES string of the molecule is CC1(C)CCCN1CCNc1ccccc1F. The number of likely N-dealkylation sites (tertiary alicyclic amines) is 1. The number of para-hydroxylation sites is 1. The van der Waals surface area contributed by atoms with Gasteiger partial charge in [-0.1, -0.05) is 12.1 Å². The highest BCUT2D eigenvalue weighted by Gasteiger charge is 2.30. The van der Waals surface area contributed by atoms with Crippen LogP contribution in [-0.2, 0) is 0 Å². The summed E-state index contributed by atoms with van der Waals surface area (Å²) in [6.45, 7) is 7.49. The van der Waals surface area contributed by atoms with E-state index in [-0.39, 0.29) is 5.82 Å². The zero-order valence-electron chi connectivity index (χ0n) is 10.7. The molecule has 0 radical (unpaired) electrons. The molecular weight excluding hydrogens is 215 g/mol. The topological polar surface area (TPSA) is 15.3 Å². The van der Waals surface area contributed by atoms with Crippen LogP contribution in [0.1, 0.15) is 26.7 Å². The van der Waals surface area contributed by atoms with Gasteiger partial charge >= 0.3 is 0 Å². The number of rotatable bonds is 4. The molecule has 1 N–H and O–H groups in total. The van der Waals surface area contributed by atoms with E-state index in [4.69, 9.17) is 0 Å². The lowest BCUT2D eigenvalue weighted by molar-refractivity contribution is 0.182. The molecule has 3 heteroatoms. The van der Waals surface area contributed by atoms with Gasteiger partial charge in [0.2, 0.25) is 0 Å². The van der Waals surface area contributed by atoms with E-state index in [1.165, 1.54) is 18.9 Å². The van der Waals surface area contributed by atoms with E-state index in [0.717, 1.165) is 19.6 Å². The lowest BCUT2D eigenvalue weighted by atomic mass is 10.0. The maximum absolute atomic E-state index is 13.4. The minimum atomic E-state index is -0.173. The fourth-order valence-electron chi connectivity index (χ4n) is 2.51. The van der Waals surface area contributed by atoms with Gasteiger partial charge in [0.25, 0.3) is 0 Å². The van der Waals surface area contributed by atoms with Crippen LogP contribution in [0.25, 0.3) is 0 Å². The quantitative estimate of drug-likeness (QED) is 0.864. The van der Waals surface area contributed by atoms with E-state index in [9.17, 15) is 4.39 Å². The predicted octanol–water partition coefficient (Wildman–Crippen LogP) is 3.11. The van der Waals surface area contributed by atoms with Crippen LogP contribution >= 0.6 is 0 Å². The van der Waals surface area contributed by atoms with Gasteiger partial charge in [0.1, 0.15) is 5.82 Å². The van der Waals surface area contributed by atoms with Gasteiger partial charge in [0, 0.05) is 18.6 Å². The van der Waals surface area contributed by atoms with Crippen molar-refractivity contribution < 1.29 is 4.39 Å². The van der Waals surface area contributed by atoms with Crippen molar-refractivity contribution >= 4 is 5.69 Å². The van der Waals surface area contributed by atoms with Crippen LogP contribution in [0, 0.1) is 5.82 Å². The number of halogens is 1. The third kappa shape index (κ3) is 2.97. The average Bonchev–Trinajstić information content (AvgIpc) is 2.61. The van der Waals surface area contributed by atoms with Gasteiger partial charge in [-0.25, -0.2) is 4.39 Å². The molecule has 94 valence electrons. The van der Waals surface area contributed by atoms with Crippen molar-refractivity contribution in [3.8, 4) is 0 Å². The first-order valence-corrected chi connectivity index (χ1v) is 6.33. The summed E-state index contributed by atoms with van der Waals surface area (Å²) >= 11 is 0. The van der Waals surface area contributed by atoms with Crippen molar-refractivity contribution in [1.29, 1.82) is 0 Å². The zero-order valence-corrected chi connectivity index (χ0v) is 10.7. The van der Waals surface area contributed by atoms with Gasteiger partial charge < -0.3 is 5.32 Å². The highest BCUT2D eigenvalue weighted by atomic mass is 19.1. The lowest BCUT2D eigenvalue weighted by Crippen LogP contribution is -2.40. The first kappa shape index (κ1) is 12.4. The number of nitrogens with one attached hydrogen (secondary N) is 1. The Kier molecular flexibility index (Phi) is 3.67. The normalized spacial score (nSPS) is 19.5. The van der Waals surface area contributed by atoms with Crippen LogP contribution in [0.3, 0.4) is 0 Å². The Hall–Kier alpha value is -1.09. The second-order valence-corrected chi connectivity index (χ2v) is 5.31. The van der Waals surface area contributed by atoms with Gasteiger partial charge in [-0.15, -0.1) is 0 Å². The Morgan fingerprint density at radius 1 is 1.35 bits per heavy atom. The number of benzene rings is 1. The number of nitrogens with zero attached hydrogens (tertiary/aromatic N) is 1. The van der Waals surface area contributed by atoms with Crippen molar-refractivity contribution in [2.75, 3.05) is 25.0 Å². The summed E-state index contributed by atoms with van der Waals surface area (Å²) in [4.78, 5) is 2.47. The predicted molar refractivity (Wildman–Crippen MR) is 69.8 cm³/mol. The Labute approximate surface area is 103 Å². The molecule has 1 aromatic carbocycles. The standard InChI is InChI=1S/C14H21FN2/c1-14(2)8-5-10-17(14)11-9-16-13-7-4-3-6-12(13)15/h3-4,6-7,16H,5,8-11H2,1-2H3. The largest absolute Gasteiger partial charge is 0.381 e. The molecule has 0 unspecified atom stereocenters. The summed E-state index contributed by atoms with van der Waals surface area (Å²) in [6, 6.07) is 6.84. The van der Waals surface area contributed by atoms with E-state index in [0.29, 0.717) is 11.2 Å². The first-order chi connectivity index (χ1) is 8.09. The van der Waals surface area contributed by atoms with E-state index in [1.54, 1.807) is 12.1 Å². The number of anilines is 1. The minimum Gasteiger partial charge on any atom is -0.381 e. The van der Waals surface area contributed by atoms with Crippen LogP contribution in [0.5, 0.6) is 0 Å². The first-order valence-electron chi connectivity index (χ1n) is 6.33. The summed E-state index contributed by atoms with van der Waals surface area (Å²) in [7, 11) is 0. The van der Waals surface area contributed by atoms with Crippen molar-refractivity contribution in [2.45, 2.75) is 32.2 Å². The minimum absolute atomic E-state index is 0.173. The number of hydrogen-bond acceptors (Lipinski definition) is 2. The summed E-state index contributed by atoms with van der Waals surface area (Å²) in [5, 5.41) is 3.16. The van der Waals surface area contributed by atoms with Crippen LogP contribution in [0.2, 0.25) is 0 Å². The maximum Gasteiger partial charge on any atom is 0.146 e. The summed E-state index contributed by atoms with van der Waals surface area (Å²) < 4.78 is 13.4. The van der Waals surface area contributed by atoms with Gasteiger partial charge in [0.05, 0.1) is 5.69 Å². The zero-order chi connectivity index (χ0) is 12.3. The monoisotopic (exact) mass is 236 g/mol. The molecule has 1 aliphatic rings. The molecule has 0 atom stereocenters. The molecular formula is C14H21FN2. The van der Waals surface area contributed by atoms with E-state index in [2.05, 4.69) is 24.1 Å². The second kappa shape index (κ2) is 5.05. The fraction of sp³-hybridized carbons (Fsp3) is 0.571.